The number of hydrogen-bond donors (Lipinski definition) is 2. The highest BCUT2D eigenvalue weighted by atomic mass is 32.1. The molecule has 5 nitrogen and oxygen atoms in total. The lowest BCUT2D eigenvalue weighted by Gasteiger charge is -2.27. The van der Waals surface area contributed by atoms with Crippen LogP contribution in [-0.4, -0.2) is 52.1 Å². The minimum atomic E-state index is 0.0658. The Morgan fingerprint density at radius 2 is 2.08 bits per heavy atom. The molecule has 3 heterocycles. The van der Waals surface area contributed by atoms with Crippen LogP contribution in [0.3, 0.4) is 0 Å². The number of aromatic amines is 1. The van der Waals surface area contributed by atoms with Gasteiger partial charge < -0.3 is 20.1 Å². The maximum atomic E-state index is 5.64. The molecule has 128 valence electrons. The van der Waals surface area contributed by atoms with Crippen molar-refractivity contribution in [2.24, 2.45) is 0 Å². The standard InChI is InChI=1S/C18H25N5S/c1-13-8-9-15(20-13)17-16(14-7-4-5-10-19-14)21-18(24)23(17)12-6-11-22(2)3/h4-5,7-10,16-17,20H,6,11-12H2,1-3H3,(H,21,24)/t16-,17-/m0/s1. The predicted molar refractivity (Wildman–Crippen MR) is 101 cm³/mol. The lowest BCUT2D eigenvalue weighted by atomic mass is 10.0. The Morgan fingerprint density at radius 1 is 1.25 bits per heavy atom. The third kappa shape index (κ3) is 3.60. The monoisotopic (exact) mass is 343 g/mol. The fraction of sp³-hybridized carbons (Fsp3) is 0.444. The van der Waals surface area contributed by atoms with E-state index in [-0.39, 0.29) is 12.1 Å². The van der Waals surface area contributed by atoms with E-state index in [9.17, 15) is 0 Å². The summed E-state index contributed by atoms with van der Waals surface area (Å²) in [5, 5.41) is 4.28. The molecule has 2 aromatic heterocycles. The van der Waals surface area contributed by atoms with Crippen molar-refractivity contribution < 1.29 is 0 Å². The minimum absolute atomic E-state index is 0.0658. The van der Waals surface area contributed by atoms with E-state index in [1.807, 2.05) is 18.3 Å². The van der Waals surface area contributed by atoms with Gasteiger partial charge in [0, 0.05) is 24.1 Å². The van der Waals surface area contributed by atoms with Crippen LogP contribution in [0.25, 0.3) is 0 Å². The van der Waals surface area contributed by atoms with Crippen LogP contribution in [0.15, 0.2) is 36.5 Å². The third-order valence-corrected chi connectivity index (χ3v) is 4.73. The van der Waals surface area contributed by atoms with Crippen LogP contribution < -0.4 is 5.32 Å². The first-order chi connectivity index (χ1) is 11.6. The average molecular weight is 344 g/mol. The molecule has 1 aliphatic rings. The van der Waals surface area contributed by atoms with E-state index in [4.69, 9.17) is 12.2 Å². The number of aryl methyl sites for hydroxylation is 1. The van der Waals surface area contributed by atoms with Crippen molar-refractivity contribution in [1.29, 1.82) is 0 Å². The van der Waals surface area contributed by atoms with Gasteiger partial charge in [-0.25, -0.2) is 0 Å². The second-order valence-corrected chi connectivity index (χ2v) is 6.96. The molecule has 1 aliphatic heterocycles. The summed E-state index contributed by atoms with van der Waals surface area (Å²) in [5.74, 6) is 0. The summed E-state index contributed by atoms with van der Waals surface area (Å²) < 4.78 is 0. The number of hydrogen-bond acceptors (Lipinski definition) is 3. The first kappa shape index (κ1) is 16.9. The highest BCUT2D eigenvalue weighted by Crippen LogP contribution is 2.37. The zero-order valence-corrected chi connectivity index (χ0v) is 15.3. The van der Waals surface area contributed by atoms with Gasteiger partial charge in [0.2, 0.25) is 0 Å². The maximum Gasteiger partial charge on any atom is 0.170 e. The van der Waals surface area contributed by atoms with E-state index in [2.05, 4.69) is 64.3 Å². The second-order valence-electron chi connectivity index (χ2n) is 6.57. The van der Waals surface area contributed by atoms with Crippen LogP contribution in [0.1, 0.15) is 35.6 Å². The van der Waals surface area contributed by atoms with Gasteiger partial charge in [-0.1, -0.05) is 6.07 Å². The Bertz CT molecular complexity index is 682. The number of thiocarbonyl (C=S) groups is 1. The Labute approximate surface area is 149 Å². The smallest absolute Gasteiger partial charge is 0.170 e. The fourth-order valence-electron chi connectivity index (χ4n) is 3.24. The first-order valence-electron chi connectivity index (χ1n) is 8.34. The van der Waals surface area contributed by atoms with E-state index < -0.39 is 0 Å². The fourth-order valence-corrected chi connectivity index (χ4v) is 3.57. The van der Waals surface area contributed by atoms with Crippen LogP contribution >= 0.6 is 12.2 Å². The summed E-state index contributed by atoms with van der Waals surface area (Å²) in [5.41, 5.74) is 3.36. The van der Waals surface area contributed by atoms with E-state index >= 15 is 0 Å². The number of pyridine rings is 1. The topological polar surface area (TPSA) is 47.2 Å². The summed E-state index contributed by atoms with van der Waals surface area (Å²) in [4.78, 5) is 12.5. The summed E-state index contributed by atoms with van der Waals surface area (Å²) >= 11 is 5.64. The number of aromatic nitrogens is 2. The minimum Gasteiger partial charge on any atom is -0.361 e. The molecule has 0 saturated carbocycles. The van der Waals surface area contributed by atoms with Crippen LogP contribution in [0.4, 0.5) is 0 Å². The number of nitrogens with zero attached hydrogens (tertiary/aromatic N) is 3. The van der Waals surface area contributed by atoms with Gasteiger partial charge in [-0.3, -0.25) is 4.98 Å². The van der Waals surface area contributed by atoms with Gasteiger partial charge in [0.15, 0.2) is 5.11 Å². The Hall–Kier alpha value is -1.92. The van der Waals surface area contributed by atoms with Crippen LogP contribution in [0.5, 0.6) is 0 Å². The average Bonchev–Trinajstić information content (AvgIpc) is 3.12. The van der Waals surface area contributed by atoms with Crippen molar-refractivity contribution >= 4 is 17.3 Å². The van der Waals surface area contributed by atoms with Gasteiger partial charge >= 0.3 is 0 Å². The zero-order chi connectivity index (χ0) is 17.1. The maximum absolute atomic E-state index is 5.64. The summed E-state index contributed by atoms with van der Waals surface area (Å²) in [7, 11) is 4.20. The van der Waals surface area contributed by atoms with E-state index in [0.29, 0.717) is 0 Å². The molecule has 0 amide bonds. The van der Waals surface area contributed by atoms with Gasteiger partial charge in [-0.05, 0) is 70.5 Å². The van der Waals surface area contributed by atoms with Crippen molar-refractivity contribution in [3.8, 4) is 0 Å². The van der Waals surface area contributed by atoms with Crippen molar-refractivity contribution in [2.75, 3.05) is 27.2 Å². The molecular weight excluding hydrogens is 318 g/mol. The molecule has 3 rings (SSSR count). The van der Waals surface area contributed by atoms with Crippen molar-refractivity contribution in [3.63, 3.8) is 0 Å². The second kappa shape index (κ2) is 7.32. The van der Waals surface area contributed by atoms with Crippen molar-refractivity contribution in [1.82, 2.24) is 25.1 Å². The molecule has 0 bridgehead atoms. The normalized spacial score (nSPS) is 20.7. The van der Waals surface area contributed by atoms with Crippen molar-refractivity contribution in [2.45, 2.75) is 25.4 Å². The van der Waals surface area contributed by atoms with Crippen LogP contribution in [0.2, 0.25) is 0 Å². The summed E-state index contributed by atoms with van der Waals surface area (Å²) in [6, 6.07) is 10.5. The molecule has 2 N–H and O–H groups in total. The lowest BCUT2D eigenvalue weighted by Crippen LogP contribution is -2.32. The van der Waals surface area contributed by atoms with E-state index in [1.54, 1.807) is 0 Å². The Kier molecular flexibility index (Phi) is 5.16. The zero-order valence-electron chi connectivity index (χ0n) is 14.5. The Balaban J connectivity index is 1.88. The molecule has 0 spiro atoms. The third-order valence-electron chi connectivity index (χ3n) is 4.38. The largest absolute Gasteiger partial charge is 0.361 e. The van der Waals surface area contributed by atoms with Gasteiger partial charge in [0.25, 0.3) is 0 Å². The molecule has 0 aromatic carbocycles. The quantitative estimate of drug-likeness (QED) is 0.790. The van der Waals surface area contributed by atoms with Crippen LogP contribution in [0, 0.1) is 6.92 Å². The highest BCUT2D eigenvalue weighted by Gasteiger charge is 2.40. The van der Waals surface area contributed by atoms with Gasteiger partial charge in [0.1, 0.15) is 0 Å². The van der Waals surface area contributed by atoms with Gasteiger partial charge in [-0.15, -0.1) is 0 Å². The van der Waals surface area contributed by atoms with E-state index in [0.717, 1.165) is 36.0 Å². The molecule has 2 aromatic rings. The van der Waals surface area contributed by atoms with Crippen LogP contribution in [-0.2, 0) is 0 Å². The van der Waals surface area contributed by atoms with E-state index in [1.165, 1.54) is 5.69 Å². The molecule has 0 radical (unpaired) electrons. The highest BCUT2D eigenvalue weighted by molar-refractivity contribution is 7.80. The Morgan fingerprint density at radius 3 is 2.71 bits per heavy atom. The molecule has 1 fully saturated rings. The first-order valence-corrected chi connectivity index (χ1v) is 8.75. The molecule has 6 heteroatoms. The molecule has 1 saturated heterocycles. The number of rotatable bonds is 6. The molecular formula is C18H25N5S. The number of nitrogens with one attached hydrogen (secondary N) is 2. The van der Waals surface area contributed by atoms with Crippen molar-refractivity contribution in [3.05, 3.63) is 53.6 Å². The molecule has 2 atom stereocenters. The number of H-pyrrole nitrogens is 1. The van der Waals surface area contributed by atoms with Gasteiger partial charge in [0.05, 0.1) is 17.8 Å². The molecule has 0 unspecified atom stereocenters. The SMILES string of the molecule is Cc1ccc([C@H]2[C@H](c3ccccn3)NC(=S)N2CCCN(C)C)[nH]1. The van der Waals surface area contributed by atoms with Gasteiger partial charge in [-0.2, -0.15) is 0 Å². The summed E-state index contributed by atoms with van der Waals surface area (Å²) in [6.45, 7) is 4.05. The summed E-state index contributed by atoms with van der Waals surface area (Å²) in [6.07, 6.45) is 2.91. The lowest BCUT2D eigenvalue weighted by molar-refractivity contribution is 0.289. The predicted octanol–water partition coefficient (Wildman–Crippen LogP) is 2.64. The molecule has 24 heavy (non-hydrogen) atoms. The molecule has 0 aliphatic carbocycles.